The summed E-state index contributed by atoms with van der Waals surface area (Å²) >= 11 is 0. The van der Waals surface area contributed by atoms with E-state index >= 15 is 0 Å². The third kappa shape index (κ3) is 2.75. The van der Waals surface area contributed by atoms with Gasteiger partial charge in [0.2, 0.25) is 0 Å². The third-order valence-corrected chi connectivity index (χ3v) is 3.18. The molecule has 1 N–H and O–H groups in total. The number of benzene rings is 1. The summed E-state index contributed by atoms with van der Waals surface area (Å²) in [5.41, 5.74) is 3.76. The first-order valence-corrected chi connectivity index (χ1v) is 6.65. The van der Waals surface area contributed by atoms with Gasteiger partial charge in [-0.25, -0.2) is 4.68 Å². The molecule has 0 saturated heterocycles. The Hall–Kier alpha value is -2.07. The summed E-state index contributed by atoms with van der Waals surface area (Å²) in [5, 5.41) is 14.2. The van der Waals surface area contributed by atoms with Gasteiger partial charge in [0.25, 0.3) is 0 Å². The number of anilines is 1. The third-order valence-electron chi connectivity index (χ3n) is 3.18. The summed E-state index contributed by atoms with van der Waals surface area (Å²) in [6, 6.07) is 9.95. The highest BCUT2D eigenvalue weighted by atomic mass is 16.3. The zero-order valence-electron chi connectivity index (χ0n) is 12.3. The van der Waals surface area contributed by atoms with Gasteiger partial charge in [-0.3, -0.25) is 0 Å². The van der Waals surface area contributed by atoms with Gasteiger partial charge in [-0.1, -0.05) is 30.4 Å². The van der Waals surface area contributed by atoms with Crippen LogP contribution in [-0.2, 0) is 6.61 Å². The Morgan fingerprint density at radius 3 is 2.55 bits per heavy atom. The van der Waals surface area contributed by atoms with Crippen molar-refractivity contribution in [2.24, 2.45) is 0 Å². The van der Waals surface area contributed by atoms with E-state index < -0.39 is 0 Å². The van der Waals surface area contributed by atoms with E-state index in [0.717, 1.165) is 34.9 Å². The van der Waals surface area contributed by atoms with E-state index in [1.807, 2.05) is 55.9 Å². The van der Waals surface area contributed by atoms with Crippen LogP contribution in [0, 0.1) is 6.92 Å². The second-order valence-corrected chi connectivity index (χ2v) is 5.11. The first-order valence-electron chi connectivity index (χ1n) is 6.65. The van der Waals surface area contributed by atoms with E-state index in [-0.39, 0.29) is 6.61 Å². The Balaban J connectivity index is 2.55. The minimum atomic E-state index is -0.0193. The summed E-state index contributed by atoms with van der Waals surface area (Å²) < 4.78 is 1.88. The Bertz CT molecular complexity index is 602. The Morgan fingerprint density at radius 1 is 1.35 bits per heavy atom. The molecule has 0 unspecified atom stereocenters. The Morgan fingerprint density at radius 2 is 2.00 bits per heavy atom. The highest BCUT2D eigenvalue weighted by Gasteiger charge is 2.19. The van der Waals surface area contributed by atoms with Crippen molar-refractivity contribution < 1.29 is 5.11 Å². The molecule has 2 rings (SSSR count). The number of hydrogen-bond donors (Lipinski definition) is 1. The molecule has 0 saturated carbocycles. The number of aromatic nitrogens is 2. The minimum absolute atomic E-state index is 0.0193. The smallest absolute Gasteiger partial charge is 0.138 e. The fraction of sp³-hybridized carbons (Fsp3) is 0.312. The van der Waals surface area contributed by atoms with Gasteiger partial charge in [-0.05, 0) is 26.0 Å². The average molecular weight is 271 g/mol. The van der Waals surface area contributed by atoms with Crippen molar-refractivity contribution in [3.8, 4) is 5.69 Å². The summed E-state index contributed by atoms with van der Waals surface area (Å²) in [6.07, 6.45) is 0. The normalized spacial score (nSPS) is 10.6. The van der Waals surface area contributed by atoms with Crippen LogP contribution in [0.25, 0.3) is 5.69 Å². The molecule has 0 bridgehead atoms. The van der Waals surface area contributed by atoms with Crippen LogP contribution in [0.5, 0.6) is 0 Å². The SMILES string of the molecule is C=C(C)CN(C)c1c(CO)c(C)nn1-c1ccccc1. The number of aliphatic hydroxyl groups is 1. The predicted molar refractivity (Wildman–Crippen MR) is 82.3 cm³/mol. The van der Waals surface area contributed by atoms with E-state index in [1.165, 1.54) is 0 Å². The Labute approximate surface area is 120 Å². The fourth-order valence-corrected chi connectivity index (χ4v) is 2.35. The number of nitrogens with zero attached hydrogens (tertiary/aromatic N) is 3. The van der Waals surface area contributed by atoms with Gasteiger partial charge in [0, 0.05) is 19.2 Å². The summed E-state index contributed by atoms with van der Waals surface area (Å²) in [7, 11) is 1.99. The molecule has 1 aromatic heterocycles. The summed E-state index contributed by atoms with van der Waals surface area (Å²) in [4.78, 5) is 2.07. The molecule has 0 aliphatic carbocycles. The lowest BCUT2D eigenvalue weighted by Crippen LogP contribution is -2.23. The van der Waals surface area contributed by atoms with Crippen molar-refractivity contribution >= 4 is 5.82 Å². The van der Waals surface area contributed by atoms with E-state index in [4.69, 9.17) is 0 Å². The van der Waals surface area contributed by atoms with Crippen LogP contribution >= 0.6 is 0 Å². The maximum atomic E-state index is 9.64. The quantitative estimate of drug-likeness (QED) is 0.850. The molecule has 0 aliphatic heterocycles. The number of aryl methyl sites for hydroxylation is 1. The molecule has 4 nitrogen and oxygen atoms in total. The molecule has 1 heterocycles. The molecular weight excluding hydrogens is 250 g/mol. The van der Waals surface area contributed by atoms with Crippen LogP contribution < -0.4 is 4.90 Å². The van der Waals surface area contributed by atoms with Gasteiger partial charge in [0.1, 0.15) is 5.82 Å². The highest BCUT2D eigenvalue weighted by molar-refractivity contribution is 5.55. The van der Waals surface area contributed by atoms with E-state index in [1.54, 1.807) is 0 Å². The lowest BCUT2D eigenvalue weighted by Gasteiger charge is -2.22. The average Bonchev–Trinajstić information content (AvgIpc) is 2.75. The monoisotopic (exact) mass is 271 g/mol. The first kappa shape index (κ1) is 14.3. The van der Waals surface area contributed by atoms with Gasteiger partial charge >= 0.3 is 0 Å². The molecule has 0 aliphatic rings. The van der Waals surface area contributed by atoms with Crippen LogP contribution in [0.4, 0.5) is 5.82 Å². The number of likely N-dealkylation sites (N-methyl/N-ethyl adjacent to an activating group) is 1. The van der Waals surface area contributed by atoms with Crippen molar-refractivity contribution in [1.82, 2.24) is 9.78 Å². The maximum Gasteiger partial charge on any atom is 0.138 e. The van der Waals surface area contributed by atoms with Gasteiger partial charge in [0.15, 0.2) is 0 Å². The molecule has 0 amide bonds. The van der Waals surface area contributed by atoms with Crippen molar-refractivity contribution in [3.63, 3.8) is 0 Å². The molecule has 106 valence electrons. The number of rotatable bonds is 5. The van der Waals surface area contributed by atoms with Crippen molar-refractivity contribution in [2.75, 3.05) is 18.5 Å². The molecule has 0 atom stereocenters. The van der Waals surface area contributed by atoms with Gasteiger partial charge in [-0.2, -0.15) is 5.10 Å². The van der Waals surface area contributed by atoms with Crippen LogP contribution in [-0.4, -0.2) is 28.5 Å². The molecule has 0 spiro atoms. The van der Waals surface area contributed by atoms with Crippen LogP contribution in [0.3, 0.4) is 0 Å². The van der Waals surface area contributed by atoms with Gasteiger partial charge < -0.3 is 10.0 Å². The van der Waals surface area contributed by atoms with E-state index in [2.05, 4.69) is 16.6 Å². The number of aliphatic hydroxyl groups excluding tert-OH is 1. The minimum Gasteiger partial charge on any atom is -0.391 e. The van der Waals surface area contributed by atoms with E-state index in [9.17, 15) is 5.11 Å². The Kier molecular flexibility index (Phi) is 4.25. The summed E-state index contributed by atoms with van der Waals surface area (Å²) in [5.74, 6) is 0.916. The topological polar surface area (TPSA) is 41.3 Å². The molecule has 0 radical (unpaired) electrons. The first-order chi connectivity index (χ1) is 9.54. The van der Waals surface area contributed by atoms with Crippen molar-refractivity contribution in [2.45, 2.75) is 20.5 Å². The molecule has 2 aromatic rings. The summed E-state index contributed by atoms with van der Waals surface area (Å²) in [6.45, 7) is 8.57. The zero-order valence-corrected chi connectivity index (χ0v) is 12.3. The van der Waals surface area contributed by atoms with Crippen molar-refractivity contribution in [1.29, 1.82) is 0 Å². The number of para-hydroxylation sites is 1. The van der Waals surface area contributed by atoms with Crippen molar-refractivity contribution in [3.05, 3.63) is 53.7 Å². The molecule has 4 heteroatoms. The highest BCUT2D eigenvalue weighted by Crippen LogP contribution is 2.27. The lowest BCUT2D eigenvalue weighted by molar-refractivity contribution is 0.281. The maximum absolute atomic E-state index is 9.64. The molecule has 0 fully saturated rings. The van der Waals surface area contributed by atoms with Gasteiger partial charge in [0.05, 0.1) is 18.0 Å². The van der Waals surface area contributed by atoms with Gasteiger partial charge in [-0.15, -0.1) is 0 Å². The zero-order chi connectivity index (χ0) is 14.7. The van der Waals surface area contributed by atoms with E-state index in [0.29, 0.717) is 0 Å². The number of hydrogen-bond acceptors (Lipinski definition) is 3. The van der Waals surface area contributed by atoms with Crippen LogP contribution in [0.1, 0.15) is 18.2 Å². The van der Waals surface area contributed by atoms with Crippen LogP contribution in [0.2, 0.25) is 0 Å². The predicted octanol–water partition coefficient (Wildman–Crippen LogP) is 2.69. The lowest BCUT2D eigenvalue weighted by atomic mass is 10.2. The molecular formula is C16H21N3O. The largest absolute Gasteiger partial charge is 0.391 e. The molecule has 1 aromatic carbocycles. The molecule has 20 heavy (non-hydrogen) atoms. The second-order valence-electron chi connectivity index (χ2n) is 5.11. The fourth-order valence-electron chi connectivity index (χ4n) is 2.35. The standard InChI is InChI=1S/C16H21N3O/c1-12(2)10-18(4)16-15(11-20)13(3)17-19(16)14-8-6-5-7-9-14/h5-9,20H,1,10-11H2,2-4H3. The second kappa shape index (κ2) is 5.92. The van der Waals surface area contributed by atoms with Crippen LogP contribution in [0.15, 0.2) is 42.5 Å².